The van der Waals surface area contributed by atoms with E-state index >= 15 is 0 Å². The van der Waals surface area contributed by atoms with Crippen LogP contribution in [-0.2, 0) is 11.2 Å². The maximum absolute atomic E-state index is 5.08. The summed E-state index contributed by atoms with van der Waals surface area (Å²) in [5.74, 6) is 0.878. The summed E-state index contributed by atoms with van der Waals surface area (Å²) >= 11 is 1.49. The molecule has 3 rings (SSSR count). The van der Waals surface area contributed by atoms with E-state index in [1.807, 2.05) is 12.4 Å². The number of hydrogen-bond donors (Lipinski definition) is 1. The maximum atomic E-state index is 5.08. The Morgan fingerprint density at radius 2 is 2.45 bits per heavy atom. The van der Waals surface area contributed by atoms with E-state index in [1.165, 1.54) is 29.9 Å². The van der Waals surface area contributed by atoms with Crippen molar-refractivity contribution in [1.29, 1.82) is 0 Å². The Hall–Kier alpha value is -1.47. The largest absolute Gasteiger partial charge is 0.384 e. The van der Waals surface area contributed by atoms with Crippen molar-refractivity contribution in [3.05, 3.63) is 23.8 Å². The van der Waals surface area contributed by atoms with Crippen molar-refractivity contribution < 1.29 is 4.74 Å². The summed E-state index contributed by atoms with van der Waals surface area (Å²) in [6, 6.07) is 0.366. The SMILES string of the molecule is COCCc1nsc(N2CCCCC2c2cn[nH]c2)n1. The van der Waals surface area contributed by atoms with Crippen LogP contribution in [-0.4, -0.2) is 39.8 Å². The van der Waals surface area contributed by atoms with Crippen LogP contribution < -0.4 is 4.90 Å². The van der Waals surface area contributed by atoms with Crippen molar-refractivity contribution in [2.75, 3.05) is 25.2 Å². The third-order valence-corrected chi connectivity index (χ3v) is 4.43. The van der Waals surface area contributed by atoms with E-state index in [0.717, 1.165) is 30.3 Å². The quantitative estimate of drug-likeness (QED) is 0.915. The lowest BCUT2D eigenvalue weighted by molar-refractivity contribution is 0.201. The van der Waals surface area contributed by atoms with Crippen LogP contribution in [0.4, 0.5) is 5.13 Å². The first-order chi connectivity index (χ1) is 9.88. The molecule has 2 aromatic heterocycles. The lowest BCUT2D eigenvalue weighted by Gasteiger charge is -2.34. The standard InChI is InChI=1S/C13H19N5OS/c1-19-7-5-12-16-13(20-17-12)18-6-3-2-4-11(18)10-8-14-15-9-10/h8-9,11H,2-7H2,1H3,(H,14,15). The first-order valence-electron chi connectivity index (χ1n) is 6.95. The van der Waals surface area contributed by atoms with Crippen LogP contribution in [0.1, 0.15) is 36.7 Å². The smallest absolute Gasteiger partial charge is 0.205 e. The fourth-order valence-electron chi connectivity index (χ4n) is 2.61. The average Bonchev–Trinajstić information content (AvgIpc) is 3.16. The summed E-state index contributed by atoms with van der Waals surface area (Å²) in [7, 11) is 1.70. The van der Waals surface area contributed by atoms with Crippen LogP contribution in [0.25, 0.3) is 0 Å². The minimum absolute atomic E-state index is 0.366. The highest BCUT2D eigenvalue weighted by Crippen LogP contribution is 2.35. The first-order valence-corrected chi connectivity index (χ1v) is 7.72. The summed E-state index contributed by atoms with van der Waals surface area (Å²) in [5.41, 5.74) is 1.23. The van der Waals surface area contributed by atoms with Crippen molar-refractivity contribution in [2.45, 2.75) is 31.7 Å². The third-order valence-electron chi connectivity index (χ3n) is 3.64. The predicted octanol–water partition coefficient (Wildman–Crippen LogP) is 2.18. The Balaban J connectivity index is 1.77. The van der Waals surface area contributed by atoms with Gasteiger partial charge in [-0.15, -0.1) is 0 Å². The molecule has 1 unspecified atom stereocenters. The van der Waals surface area contributed by atoms with Gasteiger partial charge in [0, 0.05) is 43.4 Å². The molecule has 6 nitrogen and oxygen atoms in total. The van der Waals surface area contributed by atoms with Crippen LogP contribution in [0.3, 0.4) is 0 Å². The Morgan fingerprint density at radius 1 is 1.50 bits per heavy atom. The zero-order valence-corrected chi connectivity index (χ0v) is 12.4. The fourth-order valence-corrected chi connectivity index (χ4v) is 3.40. The van der Waals surface area contributed by atoms with E-state index in [2.05, 4.69) is 24.5 Å². The Kier molecular flexibility index (Phi) is 4.27. The molecule has 0 spiro atoms. The van der Waals surface area contributed by atoms with E-state index in [1.54, 1.807) is 7.11 Å². The second kappa shape index (κ2) is 6.32. The number of hydrogen-bond acceptors (Lipinski definition) is 6. The summed E-state index contributed by atoms with van der Waals surface area (Å²) < 4.78 is 9.51. The van der Waals surface area contributed by atoms with Crippen molar-refractivity contribution in [2.24, 2.45) is 0 Å². The molecule has 2 aromatic rings. The summed E-state index contributed by atoms with van der Waals surface area (Å²) in [4.78, 5) is 7.02. The zero-order chi connectivity index (χ0) is 13.8. The highest BCUT2D eigenvalue weighted by molar-refractivity contribution is 7.09. The normalized spacial score (nSPS) is 19.4. The molecule has 0 amide bonds. The monoisotopic (exact) mass is 293 g/mol. The van der Waals surface area contributed by atoms with Crippen LogP contribution in [0.5, 0.6) is 0 Å². The molecule has 1 fully saturated rings. The number of nitrogens with zero attached hydrogens (tertiary/aromatic N) is 4. The number of aromatic nitrogens is 4. The molecule has 0 aliphatic carbocycles. The summed E-state index contributed by atoms with van der Waals surface area (Å²) in [6.07, 6.45) is 8.28. The molecule has 1 aliphatic heterocycles. The number of H-pyrrole nitrogens is 1. The van der Waals surface area contributed by atoms with Gasteiger partial charge in [-0.25, -0.2) is 4.98 Å². The molecular formula is C13H19N5OS. The van der Waals surface area contributed by atoms with Crippen LogP contribution in [0.15, 0.2) is 12.4 Å². The topological polar surface area (TPSA) is 66.9 Å². The number of aromatic amines is 1. The van der Waals surface area contributed by atoms with Gasteiger partial charge in [-0.2, -0.15) is 9.47 Å². The second-order valence-electron chi connectivity index (χ2n) is 4.97. The molecule has 20 heavy (non-hydrogen) atoms. The van der Waals surface area contributed by atoms with Gasteiger partial charge >= 0.3 is 0 Å². The number of ether oxygens (including phenoxy) is 1. The van der Waals surface area contributed by atoms with Crippen LogP contribution in [0.2, 0.25) is 0 Å². The molecule has 108 valence electrons. The molecule has 3 heterocycles. The van der Waals surface area contributed by atoms with Gasteiger partial charge in [-0.3, -0.25) is 5.10 Å². The average molecular weight is 293 g/mol. The highest BCUT2D eigenvalue weighted by Gasteiger charge is 2.27. The van der Waals surface area contributed by atoms with Crippen LogP contribution >= 0.6 is 11.5 Å². The van der Waals surface area contributed by atoms with Crippen molar-refractivity contribution in [3.63, 3.8) is 0 Å². The summed E-state index contributed by atoms with van der Waals surface area (Å²) in [6.45, 7) is 1.70. The first kappa shape index (κ1) is 13.5. The van der Waals surface area contributed by atoms with Gasteiger partial charge in [0.25, 0.3) is 0 Å². The van der Waals surface area contributed by atoms with Crippen LogP contribution in [0, 0.1) is 0 Å². The molecule has 1 atom stereocenters. The number of nitrogens with one attached hydrogen (secondary N) is 1. The molecule has 1 N–H and O–H groups in total. The molecule has 0 saturated carbocycles. The number of rotatable bonds is 5. The van der Waals surface area contributed by atoms with Crippen molar-refractivity contribution >= 4 is 16.7 Å². The Morgan fingerprint density at radius 3 is 3.25 bits per heavy atom. The lowest BCUT2D eigenvalue weighted by Crippen LogP contribution is -2.33. The molecular weight excluding hydrogens is 274 g/mol. The fraction of sp³-hybridized carbons (Fsp3) is 0.615. The van der Waals surface area contributed by atoms with Gasteiger partial charge in [0.2, 0.25) is 5.13 Å². The Bertz CT molecular complexity index is 527. The number of piperidine rings is 1. The number of methoxy groups -OCH3 is 1. The minimum Gasteiger partial charge on any atom is -0.384 e. The molecule has 0 bridgehead atoms. The second-order valence-corrected chi connectivity index (χ2v) is 5.70. The highest BCUT2D eigenvalue weighted by atomic mass is 32.1. The van der Waals surface area contributed by atoms with Gasteiger partial charge in [0.05, 0.1) is 18.8 Å². The van der Waals surface area contributed by atoms with Gasteiger partial charge in [-0.05, 0) is 19.3 Å². The van der Waals surface area contributed by atoms with E-state index < -0.39 is 0 Å². The van der Waals surface area contributed by atoms with Crippen molar-refractivity contribution in [3.8, 4) is 0 Å². The van der Waals surface area contributed by atoms with Gasteiger partial charge < -0.3 is 9.64 Å². The molecule has 1 saturated heterocycles. The maximum Gasteiger partial charge on any atom is 0.205 e. The number of anilines is 1. The molecule has 0 radical (unpaired) electrons. The van der Waals surface area contributed by atoms with E-state index in [4.69, 9.17) is 4.74 Å². The minimum atomic E-state index is 0.366. The molecule has 7 heteroatoms. The Labute approximate surface area is 122 Å². The summed E-state index contributed by atoms with van der Waals surface area (Å²) in [5, 5.41) is 7.99. The van der Waals surface area contributed by atoms with Crippen molar-refractivity contribution in [1.82, 2.24) is 19.6 Å². The van der Waals surface area contributed by atoms with Gasteiger partial charge in [0.15, 0.2) is 0 Å². The predicted molar refractivity (Wildman–Crippen MR) is 78.0 cm³/mol. The van der Waals surface area contributed by atoms with Gasteiger partial charge in [0.1, 0.15) is 5.82 Å². The van der Waals surface area contributed by atoms with E-state index in [9.17, 15) is 0 Å². The molecule has 0 aromatic carbocycles. The van der Waals surface area contributed by atoms with E-state index in [0.29, 0.717) is 12.6 Å². The van der Waals surface area contributed by atoms with E-state index in [-0.39, 0.29) is 0 Å². The third kappa shape index (κ3) is 2.83. The molecule has 1 aliphatic rings. The van der Waals surface area contributed by atoms with Gasteiger partial charge in [-0.1, -0.05) is 0 Å². The zero-order valence-electron chi connectivity index (χ0n) is 11.6. The lowest BCUT2D eigenvalue weighted by atomic mass is 9.98.